The third-order valence-electron chi connectivity index (χ3n) is 3.72. The molecule has 0 aliphatic heterocycles. The molecule has 0 amide bonds. The van der Waals surface area contributed by atoms with Gasteiger partial charge in [-0.15, -0.1) is 0 Å². The van der Waals surface area contributed by atoms with E-state index >= 15 is 0 Å². The lowest BCUT2D eigenvalue weighted by molar-refractivity contribution is 0.112. The normalized spacial score (nSPS) is 11.1. The van der Waals surface area contributed by atoms with Crippen molar-refractivity contribution >= 4 is 6.29 Å². The molecule has 2 aromatic carbocycles. The average Bonchev–Trinajstić information content (AvgIpc) is 2.46. The number of benzene rings is 2. The number of carbonyl (C=O) groups is 1. The van der Waals surface area contributed by atoms with E-state index in [9.17, 15) is 4.79 Å². The van der Waals surface area contributed by atoms with Gasteiger partial charge in [0.1, 0.15) is 6.29 Å². The van der Waals surface area contributed by atoms with Crippen molar-refractivity contribution in [2.75, 3.05) is 0 Å². The maximum absolute atomic E-state index is 10.7. The molecule has 1 heteroatoms. The van der Waals surface area contributed by atoms with E-state index in [-0.39, 0.29) is 0 Å². The second-order valence-electron chi connectivity index (χ2n) is 5.90. The highest BCUT2D eigenvalue weighted by atomic mass is 16.1. The minimum Gasteiger partial charge on any atom is -0.298 e. The molecule has 20 heavy (non-hydrogen) atoms. The lowest BCUT2D eigenvalue weighted by Gasteiger charge is -2.16. The topological polar surface area (TPSA) is 17.1 Å². The summed E-state index contributed by atoms with van der Waals surface area (Å²) in [6, 6.07) is 14.5. The molecule has 0 radical (unpaired) electrons. The van der Waals surface area contributed by atoms with Crippen molar-refractivity contribution in [3.05, 3.63) is 59.2 Å². The van der Waals surface area contributed by atoms with Gasteiger partial charge in [0, 0.05) is 5.56 Å². The first-order valence-electron chi connectivity index (χ1n) is 7.22. The third kappa shape index (κ3) is 2.98. The van der Waals surface area contributed by atoms with E-state index in [1.165, 1.54) is 22.3 Å². The summed E-state index contributed by atoms with van der Waals surface area (Å²) < 4.78 is 0. The second-order valence-corrected chi connectivity index (χ2v) is 5.90. The molecule has 0 bridgehead atoms. The fourth-order valence-electron chi connectivity index (χ4n) is 2.42. The van der Waals surface area contributed by atoms with E-state index in [0.29, 0.717) is 11.8 Å². The van der Waals surface area contributed by atoms with E-state index in [1.807, 2.05) is 24.3 Å². The van der Waals surface area contributed by atoms with Crippen LogP contribution in [0, 0.1) is 0 Å². The monoisotopic (exact) mass is 266 g/mol. The second kappa shape index (κ2) is 6.04. The van der Waals surface area contributed by atoms with Gasteiger partial charge in [-0.1, -0.05) is 70.2 Å². The van der Waals surface area contributed by atoms with Crippen molar-refractivity contribution in [2.45, 2.75) is 39.5 Å². The lowest BCUT2D eigenvalue weighted by atomic mass is 9.88. The van der Waals surface area contributed by atoms with Gasteiger partial charge in [-0.25, -0.2) is 0 Å². The minimum atomic E-state index is 0.481. The zero-order chi connectivity index (χ0) is 14.7. The van der Waals surface area contributed by atoms with Crippen LogP contribution < -0.4 is 0 Å². The Balaban J connectivity index is 2.51. The highest BCUT2D eigenvalue weighted by Gasteiger charge is 2.11. The van der Waals surface area contributed by atoms with Gasteiger partial charge in [0.25, 0.3) is 0 Å². The SMILES string of the molecule is CC(C)c1ccc(-c2ccc(C=O)cc2)c(C(C)C)c1. The van der Waals surface area contributed by atoms with Crippen LogP contribution in [0.15, 0.2) is 42.5 Å². The lowest BCUT2D eigenvalue weighted by Crippen LogP contribution is -1.96. The van der Waals surface area contributed by atoms with Gasteiger partial charge in [-0.2, -0.15) is 0 Å². The summed E-state index contributed by atoms with van der Waals surface area (Å²) in [5.41, 5.74) is 5.91. The molecule has 0 aromatic heterocycles. The number of rotatable bonds is 4. The van der Waals surface area contributed by atoms with Crippen LogP contribution in [0.1, 0.15) is 61.0 Å². The van der Waals surface area contributed by atoms with Crippen LogP contribution in [0.4, 0.5) is 0 Å². The molecular formula is C19H22O. The molecule has 0 unspecified atom stereocenters. The first-order chi connectivity index (χ1) is 9.52. The average molecular weight is 266 g/mol. The van der Waals surface area contributed by atoms with Crippen molar-refractivity contribution < 1.29 is 4.79 Å². The molecule has 0 aliphatic carbocycles. The Labute approximate surface area is 121 Å². The van der Waals surface area contributed by atoms with E-state index in [1.54, 1.807) is 0 Å². The maximum atomic E-state index is 10.7. The highest BCUT2D eigenvalue weighted by Crippen LogP contribution is 2.32. The van der Waals surface area contributed by atoms with Crippen LogP contribution >= 0.6 is 0 Å². The van der Waals surface area contributed by atoms with Crippen LogP contribution in [0.5, 0.6) is 0 Å². The summed E-state index contributed by atoms with van der Waals surface area (Å²) >= 11 is 0. The zero-order valence-electron chi connectivity index (χ0n) is 12.7. The summed E-state index contributed by atoms with van der Waals surface area (Å²) in [7, 11) is 0. The summed E-state index contributed by atoms with van der Waals surface area (Å²) in [6.07, 6.45) is 0.884. The van der Waals surface area contributed by atoms with Crippen LogP contribution in [0.3, 0.4) is 0 Å². The predicted octanol–water partition coefficient (Wildman–Crippen LogP) is 5.41. The largest absolute Gasteiger partial charge is 0.298 e. The molecule has 2 rings (SSSR count). The quantitative estimate of drug-likeness (QED) is 0.676. The van der Waals surface area contributed by atoms with Crippen molar-refractivity contribution in [3.8, 4) is 11.1 Å². The summed E-state index contributed by atoms with van der Waals surface area (Å²) in [6.45, 7) is 8.89. The van der Waals surface area contributed by atoms with Crippen LogP contribution in [-0.2, 0) is 0 Å². The highest BCUT2D eigenvalue weighted by molar-refractivity contribution is 5.77. The molecule has 0 heterocycles. The molecule has 0 saturated carbocycles. The molecule has 104 valence electrons. The van der Waals surface area contributed by atoms with Crippen LogP contribution in [0.2, 0.25) is 0 Å². The molecule has 2 aromatic rings. The van der Waals surface area contributed by atoms with Crippen LogP contribution in [-0.4, -0.2) is 6.29 Å². The molecular weight excluding hydrogens is 244 g/mol. The molecule has 0 spiro atoms. The van der Waals surface area contributed by atoms with E-state index in [4.69, 9.17) is 0 Å². The number of aldehydes is 1. The molecule has 0 saturated heterocycles. The Bertz CT molecular complexity index is 592. The minimum absolute atomic E-state index is 0.481. The van der Waals surface area contributed by atoms with E-state index in [0.717, 1.165) is 11.8 Å². The molecule has 0 fully saturated rings. The van der Waals surface area contributed by atoms with Crippen molar-refractivity contribution in [2.24, 2.45) is 0 Å². The molecule has 0 aliphatic rings. The van der Waals surface area contributed by atoms with Crippen molar-refractivity contribution in [1.82, 2.24) is 0 Å². The van der Waals surface area contributed by atoms with Crippen molar-refractivity contribution in [3.63, 3.8) is 0 Å². The Hall–Kier alpha value is -1.89. The summed E-state index contributed by atoms with van der Waals surface area (Å²) in [5.74, 6) is 1.02. The fraction of sp³-hybridized carbons (Fsp3) is 0.316. The molecule has 0 atom stereocenters. The Morgan fingerprint density at radius 3 is 2.00 bits per heavy atom. The maximum Gasteiger partial charge on any atom is 0.150 e. The number of carbonyl (C=O) groups excluding carboxylic acids is 1. The van der Waals surface area contributed by atoms with Gasteiger partial charge in [-0.05, 0) is 34.1 Å². The van der Waals surface area contributed by atoms with Crippen molar-refractivity contribution in [1.29, 1.82) is 0 Å². The smallest absolute Gasteiger partial charge is 0.150 e. The van der Waals surface area contributed by atoms with Gasteiger partial charge < -0.3 is 0 Å². The first kappa shape index (κ1) is 14.5. The van der Waals surface area contributed by atoms with Gasteiger partial charge in [0.05, 0.1) is 0 Å². The number of hydrogen-bond acceptors (Lipinski definition) is 1. The van der Waals surface area contributed by atoms with Gasteiger partial charge >= 0.3 is 0 Å². The number of hydrogen-bond donors (Lipinski definition) is 0. The van der Waals surface area contributed by atoms with Crippen LogP contribution in [0.25, 0.3) is 11.1 Å². The Morgan fingerprint density at radius 1 is 0.850 bits per heavy atom. The Kier molecular flexibility index (Phi) is 4.39. The zero-order valence-corrected chi connectivity index (χ0v) is 12.7. The first-order valence-corrected chi connectivity index (χ1v) is 7.22. The standard InChI is InChI=1S/C19H22O/c1-13(2)17-9-10-18(19(11-17)14(3)4)16-7-5-15(12-20)6-8-16/h5-14H,1-4H3. The summed E-state index contributed by atoms with van der Waals surface area (Å²) in [4.78, 5) is 10.7. The third-order valence-corrected chi connectivity index (χ3v) is 3.72. The Morgan fingerprint density at radius 2 is 1.50 bits per heavy atom. The fourth-order valence-corrected chi connectivity index (χ4v) is 2.42. The van der Waals surface area contributed by atoms with E-state index in [2.05, 4.69) is 45.9 Å². The molecule has 0 N–H and O–H groups in total. The van der Waals surface area contributed by atoms with Gasteiger partial charge in [0.2, 0.25) is 0 Å². The van der Waals surface area contributed by atoms with Gasteiger partial charge in [-0.3, -0.25) is 4.79 Å². The summed E-state index contributed by atoms with van der Waals surface area (Å²) in [5, 5.41) is 0. The predicted molar refractivity (Wildman–Crippen MR) is 85.4 cm³/mol. The molecule has 1 nitrogen and oxygen atoms in total. The van der Waals surface area contributed by atoms with E-state index < -0.39 is 0 Å². The van der Waals surface area contributed by atoms with Gasteiger partial charge in [0.15, 0.2) is 0 Å².